The molecular formula is C21H15N3O6S2. The highest BCUT2D eigenvalue weighted by Crippen LogP contribution is 2.34. The Hall–Kier alpha value is -3.83. The van der Waals surface area contributed by atoms with E-state index in [1.807, 2.05) is 24.3 Å². The second-order valence-corrected chi connectivity index (χ2v) is 8.53. The topological polar surface area (TPSA) is 121 Å². The number of anilines is 1. The van der Waals surface area contributed by atoms with E-state index in [1.165, 1.54) is 48.0 Å². The Balaban J connectivity index is 1.38. The Labute approximate surface area is 189 Å². The van der Waals surface area contributed by atoms with Gasteiger partial charge in [-0.05, 0) is 30.3 Å². The van der Waals surface area contributed by atoms with Crippen molar-refractivity contribution >= 4 is 56.1 Å². The third-order valence-corrected chi connectivity index (χ3v) is 6.59. The molecule has 0 spiro atoms. The Morgan fingerprint density at radius 1 is 1.12 bits per heavy atom. The standard InChI is InChI=1S/C21H15N3O6S2/c1-29-15-10-12(24(27)28)6-7-13(15)22-19(25)11-30-21(26)18-9-8-17(31-18)20-23-14-4-2-3-5-16(14)32-20/h2-10H,11H2,1H3,(H,22,25). The Bertz CT molecular complexity index is 1300. The number of fused-ring (bicyclic) bond motifs is 1. The zero-order chi connectivity index (χ0) is 22.7. The highest BCUT2D eigenvalue weighted by atomic mass is 32.1. The molecule has 0 radical (unpaired) electrons. The number of methoxy groups -OCH3 is 1. The predicted octanol–water partition coefficient (Wildman–Crippen LogP) is 4.74. The monoisotopic (exact) mass is 469 g/mol. The van der Waals surface area contributed by atoms with Crippen LogP contribution in [0.15, 0.2) is 54.6 Å². The van der Waals surface area contributed by atoms with Crippen molar-refractivity contribution in [3.8, 4) is 15.6 Å². The van der Waals surface area contributed by atoms with Gasteiger partial charge >= 0.3 is 5.97 Å². The van der Waals surface area contributed by atoms with Gasteiger partial charge in [0, 0.05) is 6.07 Å². The molecule has 2 aromatic carbocycles. The molecule has 11 heteroatoms. The number of para-hydroxylation sites is 1. The Morgan fingerprint density at radius 2 is 1.94 bits per heavy atom. The van der Waals surface area contributed by atoms with E-state index in [0.717, 1.165) is 20.1 Å². The molecule has 2 heterocycles. The fraction of sp³-hybridized carbons (Fsp3) is 0.0952. The Morgan fingerprint density at radius 3 is 2.69 bits per heavy atom. The first-order valence-electron chi connectivity index (χ1n) is 9.20. The number of aromatic nitrogens is 1. The van der Waals surface area contributed by atoms with Gasteiger partial charge in [-0.15, -0.1) is 22.7 Å². The first-order valence-corrected chi connectivity index (χ1v) is 10.8. The van der Waals surface area contributed by atoms with Gasteiger partial charge in [-0.25, -0.2) is 9.78 Å². The molecule has 1 N–H and O–H groups in total. The lowest BCUT2D eigenvalue weighted by molar-refractivity contribution is -0.384. The average Bonchev–Trinajstić information content (AvgIpc) is 3.44. The van der Waals surface area contributed by atoms with Gasteiger partial charge in [-0.2, -0.15) is 0 Å². The van der Waals surface area contributed by atoms with E-state index in [4.69, 9.17) is 9.47 Å². The van der Waals surface area contributed by atoms with Gasteiger partial charge in [-0.3, -0.25) is 14.9 Å². The highest BCUT2D eigenvalue weighted by Gasteiger charge is 2.17. The second kappa shape index (κ2) is 9.12. The largest absolute Gasteiger partial charge is 0.494 e. The number of hydrogen-bond acceptors (Lipinski definition) is 9. The maximum atomic E-state index is 12.4. The number of carbonyl (C=O) groups is 2. The van der Waals surface area contributed by atoms with E-state index in [-0.39, 0.29) is 17.1 Å². The maximum absolute atomic E-state index is 12.4. The number of non-ortho nitro benzene ring substituents is 1. The third-order valence-electron chi connectivity index (χ3n) is 4.32. The quantitative estimate of drug-likeness (QED) is 0.236. The number of ether oxygens (including phenoxy) is 2. The van der Waals surface area contributed by atoms with Gasteiger partial charge in [0.05, 0.1) is 38.9 Å². The number of nitro benzene ring substituents is 1. The van der Waals surface area contributed by atoms with E-state index in [1.54, 1.807) is 12.1 Å². The predicted molar refractivity (Wildman–Crippen MR) is 121 cm³/mol. The van der Waals surface area contributed by atoms with Crippen LogP contribution in [0.25, 0.3) is 20.1 Å². The zero-order valence-corrected chi connectivity index (χ0v) is 18.2. The molecule has 0 atom stereocenters. The molecule has 0 fully saturated rings. The summed E-state index contributed by atoms with van der Waals surface area (Å²) in [7, 11) is 1.33. The van der Waals surface area contributed by atoms with E-state index >= 15 is 0 Å². The SMILES string of the molecule is COc1cc([N+](=O)[O-])ccc1NC(=O)COC(=O)c1ccc(-c2nc3ccccc3s2)s1. The number of esters is 1. The van der Waals surface area contributed by atoms with Crippen molar-refractivity contribution in [2.24, 2.45) is 0 Å². The highest BCUT2D eigenvalue weighted by molar-refractivity contribution is 7.26. The summed E-state index contributed by atoms with van der Waals surface area (Å²) >= 11 is 2.76. The van der Waals surface area contributed by atoms with Crippen molar-refractivity contribution in [3.63, 3.8) is 0 Å². The van der Waals surface area contributed by atoms with Crippen molar-refractivity contribution < 1.29 is 24.0 Å². The number of nitrogens with one attached hydrogen (secondary N) is 1. The molecule has 1 amide bonds. The molecule has 32 heavy (non-hydrogen) atoms. The van der Waals surface area contributed by atoms with Crippen molar-refractivity contribution in [1.29, 1.82) is 0 Å². The molecule has 0 unspecified atom stereocenters. The van der Waals surface area contributed by atoms with Crippen LogP contribution in [0.3, 0.4) is 0 Å². The number of amides is 1. The summed E-state index contributed by atoms with van der Waals surface area (Å²) in [4.78, 5) is 40.6. The first kappa shape index (κ1) is 21.4. The zero-order valence-electron chi connectivity index (χ0n) is 16.6. The van der Waals surface area contributed by atoms with Crippen LogP contribution in [0.1, 0.15) is 9.67 Å². The van der Waals surface area contributed by atoms with E-state index in [9.17, 15) is 19.7 Å². The smallest absolute Gasteiger partial charge is 0.348 e. The van der Waals surface area contributed by atoms with Crippen LogP contribution in [0.2, 0.25) is 0 Å². The van der Waals surface area contributed by atoms with Crippen molar-refractivity contribution in [3.05, 3.63) is 69.6 Å². The molecule has 0 bridgehead atoms. The summed E-state index contributed by atoms with van der Waals surface area (Å²) in [5.74, 6) is -1.11. The summed E-state index contributed by atoms with van der Waals surface area (Å²) in [6.45, 7) is -0.520. The molecule has 162 valence electrons. The van der Waals surface area contributed by atoms with Gasteiger partial charge in [0.2, 0.25) is 0 Å². The summed E-state index contributed by atoms with van der Waals surface area (Å²) < 4.78 is 11.2. The number of thiophene rings is 1. The minimum Gasteiger partial charge on any atom is -0.494 e. The molecule has 0 saturated carbocycles. The van der Waals surface area contributed by atoms with Gasteiger partial charge in [-0.1, -0.05) is 12.1 Å². The lowest BCUT2D eigenvalue weighted by Crippen LogP contribution is -2.21. The van der Waals surface area contributed by atoms with Gasteiger partial charge in [0.15, 0.2) is 6.61 Å². The van der Waals surface area contributed by atoms with Crippen LogP contribution < -0.4 is 10.1 Å². The molecular weight excluding hydrogens is 454 g/mol. The number of nitrogens with zero attached hydrogens (tertiary/aromatic N) is 2. The average molecular weight is 470 g/mol. The van der Waals surface area contributed by atoms with E-state index in [2.05, 4.69) is 10.3 Å². The molecule has 4 rings (SSSR count). The Kier molecular flexibility index (Phi) is 6.10. The summed E-state index contributed by atoms with van der Waals surface area (Å²) in [5.41, 5.74) is 0.949. The van der Waals surface area contributed by atoms with Crippen LogP contribution in [-0.4, -0.2) is 35.5 Å². The van der Waals surface area contributed by atoms with Crippen LogP contribution in [0, 0.1) is 10.1 Å². The summed E-state index contributed by atoms with van der Waals surface area (Å²) in [6, 6.07) is 15.0. The van der Waals surface area contributed by atoms with Crippen molar-refractivity contribution in [2.45, 2.75) is 0 Å². The molecule has 4 aromatic rings. The van der Waals surface area contributed by atoms with Crippen LogP contribution in [-0.2, 0) is 9.53 Å². The molecule has 2 aromatic heterocycles. The lowest BCUT2D eigenvalue weighted by Gasteiger charge is -2.10. The number of rotatable bonds is 7. The normalized spacial score (nSPS) is 10.7. The van der Waals surface area contributed by atoms with E-state index in [0.29, 0.717) is 4.88 Å². The molecule has 0 aliphatic heterocycles. The third kappa shape index (κ3) is 4.58. The number of nitro groups is 1. The fourth-order valence-electron chi connectivity index (χ4n) is 2.83. The maximum Gasteiger partial charge on any atom is 0.348 e. The summed E-state index contributed by atoms with van der Waals surface area (Å²) in [5, 5.41) is 14.2. The van der Waals surface area contributed by atoms with Crippen molar-refractivity contribution in [2.75, 3.05) is 19.0 Å². The van der Waals surface area contributed by atoms with Crippen LogP contribution >= 0.6 is 22.7 Å². The molecule has 0 saturated heterocycles. The van der Waals surface area contributed by atoms with E-state index < -0.39 is 23.4 Å². The fourth-order valence-corrected chi connectivity index (χ4v) is 4.75. The minimum absolute atomic E-state index is 0.123. The number of thiazole rings is 1. The van der Waals surface area contributed by atoms with Crippen molar-refractivity contribution in [1.82, 2.24) is 4.98 Å². The first-order chi connectivity index (χ1) is 15.4. The van der Waals surface area contributed by atoms with Gasteiger partial charge in [0.25, 0.3) is 11.6 Å². The van der Waals surface area contributed by atoms with Gasteiger partial charge < -0.3 is 14.8 Å². The van der Waals surface area contributed by atoms with Crippen LogP contribution in [0.4, 0.5) is 11.4 Å². The lowest BCUT2D eigenvalue weighted by atomic mass is 10.2. The molecule has 0 aliphatic rings. The van der Waals surface area contributed by atoms with Crippen LogP contribution in [0.5, 0.6) is 5.75 Å². The molecule has 9 nitrogen and oxygen atoms in total. The minimum atomic E-state index is -0.631. The molecule has 0 aliphatic carbocycles. The van der Waals surface area contributed by atoms with Gasteiger partial charge in [0.1, 0.15) is 15.6 Å². The second-order valence-electron chi connectivity index (χ2n) is 6.42. The number of carbonyl (C=O) groups excluding carboxylic acids is 2. The summed E-state index contributed by atoms with van der Waals surface area (Å²) in [6.07, 6.45) is 0. The number of hydrogen-bond donors (Lipinski definition) is 1. The number of benzene rings is 2.